The fourth-order valence-electron chi connectivity index (χ4n) is 2.53. The van der Waals surface area contributed by atoms with Crippen LogP contribution < -0.4 is 4.74 Å². The Morgan fingerprint density at radius 3 is 2.86 bits per heavy atom. The first-order chi connectivity index (χ1) is 10.1. The molecular formula is C17H14BrFO2. The summed E-state index contributed by atoms with van der Waals surface area (Å²) < 4.78 is 20.1. The molecule has 108 valence electrons. The van der Waals surface area contributed by atoms with Gasteiger partial charge in [0.05, 0.1) is 0 Å². The summed E-state index contributed by atoms with van der Waals surface area (Å²) in [6, 6.07) is 10.2. The van der Waals surface area contributed by atoms with Crippen LogP contribution in [0.2, 0.25) is 0 Å². The van der Waals surface area contributed by atoms with E-state index in [4.69, 9.17) is 4.74 Å². The topological polar surface area (TPSA) is 26.3 Å². The van der Waals surface area contributed by atoms with Gasteiger partial charge in [-0.05, 0) is 54.8 Å². The first-order valence-electron chi connectivity index (χ1n) is 6.86. The minimum atomic E-state index is -0.286. The van der Waals surface area contributed by atoms with Gasteiger partial charge >= 0.3 is 0 Å². The van der Waals surface area contributed by atoms with E-state index in [0.29, 0.717) is 17.7 Å². The first kappa shape index (κ1) is 14.3. The van der Waals surface area contributed by atoms with Crippen molar-refractivity contribution in [3.05, 3.63) is 63.4 Å². The highest BCUT2D eigenvalue weighted by atomic mass is 79.9. The number of carbonyl (C=O) groups excluding carboxylic acids is 1. The van der Waals surface area contributed by atoms with Crippen molar-refractivity contribution in [1.29, 1.82) is 0 Å². The molecule has 2 aromatic carbocycles. The summed E-state index contributed by atoms with van der Waals surface area (Å²) in [7, 11) is 0. The van der Waals surface area contributed by atoms with Crippen LogP contribution in [0.25, 0.3) is 0 Å². The Morgan fingerprint density at radius 2 is 2.00 bits per heavy atom. The van der Waals surface area contributed by atoms with Gasteiger partial charge in [-0.1, -0.05) is 15.9 Å². The second-order valence-electron chi connectivity index (χ2n) is 5.12. The van der Waals surface area contributed by atoms with E-state index in [1.807, 2.05) is 12.1 Å². The van der Waals surface area contributed by atoms with Crippen LogP contribution in [0.3, 0.4) is 0 Å². The molecule has 0 aromatic heterocycles. The highest BCUT2D eigenvalue weighted by Gasteiger charge is 2.17. The van der Waals surface area contributed by atoms with E-state index in [1.54, 1.807) is 18.2 Å². The first-order valence-corrected chi connectivity index (χ1v) is 7.65. The summed E-state index contributed by atoms with van der Waals surface area (Å²) in [5.74, 6) is 0.579. The third kappa shape index (κ3) is 3.16. The number of ether oxygens (including phenoxy) is 1. The molecule has 0 fully saturated rings. The fraction of sp³-hybridized carbons (Fsp3) is 0.235. The van der Waals surface area contributed by atoms with Gasteiger partial charge < -0.3 is 4.74 Å². The molecule has 0 heterocycles. The molecular weight excluding hydrogens is 335 g/mol. The van der Waals surface area contributed by atoms with Crippen LogP contribution in [0, 0.1) is 5.82 Å². The second kappa shape index (κ2) is 5.98. The molecule has 1 aliphatic carbocycles. The van der Waals surface area contributed by atoms with E-state index < -0.39 is 0 Å². The molecule has 3 rings (SSSR count). The van der Waals surface area contributed by atoms with Crippen molar-refractivity contribution in [3.8, 4) is 5.75 Å². The Morgan fingerprint density at radius 1 is 1.14 bits per heavy atom. The molecule has 0 atom stereocenters. The monoisotopic (exact) mass is 348 g/mol. The number of hydrogen-bond acceptors (Lipinski definition) is 2. The van der Waals surface area contributed by atoms with Crippen molar-refractivity contribution in [3.63, 3.8) is 0 Å². The van der Waals surface area contributed by atoms with E-state index >= 15 is 0 Å². The highest BCUT2D eigenvalue weighted by molar-refractivity contribution is 9.10. The molecule has 4 heteroatoms. The van der Waals surface area contributed by atoms with Crippen LogP contribution in [0.4, 0.5) is 4.39 Å². The third-order valence-corrected chi connectivity index (χ3v) is 4.12. The van der Waals surface area contributed by atoms with Crippen molar-refractivity contribution in [2.24, 2.45) is 0 Å². The zero-order valence-electron chi connectivity index (χ0n) is 11.4. The second-order valence-corrected chi connectivity index (χ2v) is 6.04. The van der Waals surface area contributed by atoms with Crippen molar-refractivity contribution in [2.75, 3.05) is 0 Å². The molecule has 1 aliphatic rings. The molecule has 0 bridgehead atoms. The molecule has 2 nitrogen and oxygen atoms in total. The minimum Gasteiger partial charge on any atom is -0.489 e. The quantitative estimate of drug-likeness (QED) is 0.804. The Bertz CT molecular complexity index is 697. The van der Waals surface area contributed by atoms with Gasteiger partial charge in [-0.25, -0.2) is 4.39 Å². The number of carbonyl (C=O) groups is 1. The van der Waals surface area contributed by atoms with Crippen LogP contribution in [-0.2, 0) is 13.0 Å². The maximum atomic E-state index is 13.7. The van der Waals surface area contributed by atoms with E-state index in [0.717, 1.165) is 28.4 Å². The maximum absolute atomic E-state index is 13.7. The number of fused-ring (bicyclic) bond motifs is 1. The smallest absolute Gasteiger partial charge is 0.163 e. The third-order valence-electron chi connectivity index (χ3n) is 3.63. The molecule has 0 aliphatic heterocycles. The van der Waals surface area contributed by atoms with Gasteiger partial charge in [-0.2, -0.15) is 0 Å². The Hall–Kier alpha value is -1.68. The average Bonchev–Trinajstić information content (AvgIpc) is 2.48. The molecule has 0 radical (unpaired) electrons. The summed E-state index contributed by atoms with van der Waals surface area (Å²) in [5, 5.41) is 0. The van der Waals surface area contributed by atoms with Gasteiger partial charge in [0.2, 0.25) is 0 Å². The van der Waals surface area contributed by atoms with E-state index in [1.165, 1.54) is 6.07 Å². The van der Waals surface area contributed by atoms with Gasteiger partial charge in [-0.15, -0.1) is 0 Å². The molecule has 0 spiro atoms. The summed E-state index contributed by atoms with van der Waals surface area (Å²) in [4.78, 5) is 11.8. The number of ketones is 1. The molecule has 21 heavy (non-hydrogen) atoms. The van der Waals surface area contributed by atoms with Crippen molar-refractivity contribution in [2.45, 2.75) is 25.9 Å². The minimum absolute atomic E-state index is 0.165. The lowest BCUT2D eigenvalue weighted by Gasteiger charge is -2.16. The van der Waals surface area contributed by atoms with Gasteiger partial charge in [0, 0.05) is 22.0 Å². The van der Waals surface area contributed by atoms with Crippen LogP contribution in [-0.4, -0.2) is 5.78 Å². The Labute approximate surface area is 131 Å². The number of hydrogen-bond donors (Lipinski definition) is 0. The molecule has 0 amide bonds. The molecule has 0 unspecified atom stereocenters. The summed E-state index contributed by atoms with van der Waals surface area (Å²) >= 11 is 3.32. The lowest BCUT2D eigenvalue weighted by atomic mass is 9.90. The lowest BCUT2D eigenvalue weighted by molar-refractivity contribution is 0.0972. The average molecular weight is 349 g/mol. The SMILES string of the molecule is O=C1CCCc2cc(OCc3cc(Br)ccc3F)ccc21. The summed E-state index contributed by atoms with van der Waals surface area (Å²) in [6.45, 7) is 0.165. The molecule has 0 N–H and O–H groups in total. The summed E-state index contributed by atoms with van der Waals surface area (Å²) in [5.41, 5.74) is 2.32. The zero-order chi connectivity index (χ0) is 14.8. The van der Waals surface area contributed by atoms with E-state index in [2.05, 4.69) is 15.9 Å². The van der Waals surface area contributed by atoms with Crippen LogP contribution in [0.1, 0.15) is 34.3 Å². The molecule has 0 saturated carbocycles. The normalized spacial score (nSPS) is 13.9. The number of halogens is 2. The van der Waals surface area contributed by atoms with Crippen LogP contribution >= 0.6 is 15.9 Å². The summed E-state index contributed by atoms with van der Waals surface area (Å²) in [6.07, 6.45) is 2.40. The predicted molar refractivity (Wildman–Crippen MR) is 82.1 cm³/mol. The predicted octanol–water partition coefficient (Wildman–Crippen LogP) is 4.69. The largest absolute Gasteiger partial charge is 0.489 e. The van der Waals surface area contributed by atoms with Gasteiger partial charge in [-0.3, -0.25) is 4.79 Å². The maximum Gasteiger partial charge on any atom is 0.163 e. The standard InChI is InChI=1S/C17H14BrFO2/c18-13-4-7-16(19)12(8-13)10-21-14-5-6-15-11(9-14)2-1-3-17(15)20/h4-9H,1-3,10H2. The molecule has 0 saturated heterocycles. The van der Waals surface area contributed by atoms with E-state index in [9.17, 15) is 9.18 Å². The van der Waals surface area contributed by atoms with Crippen molar-refractivity contribution < 1.29 is 13.9 Å². The highest BCUT2D eigenvalue weighted by Crippen LogP contribution is 2.26. The lowest BCUT2D eigenvalue weighted by Crippen LogP contribution is -2.10. The zero-order valence-corrected chi connectivity index (χ0v) is 13.0. The Balaban J connectivity index is 1.77. The van der Waals surface area contributed by atoms with E-state index in [-0.39, 0.29) is 18.2 Å². The van der Waals surface area contributed by atoms with Gasteiger partial charge in [0.25, 0.3) is 0 Å². The number of aryl methyl sites for hydroxylation is 1. The number of rotatable bonds is 3. The van der Waals surface area contributed by atoms with Crippen molar-refractivity contribution >= 4 is 21.7 Å². The Kier molecular flexibility index (Phi) is 4.06. The fourth-order valence-corrected chi connectivity index (χ4v) is 2.94. The van der Waals surface area contributed by atoms with Gasteiger partial charge in [0.1, 0.15) is 18.2 Å². The van der Waals surface area contributed by atoms with Crippen LogP contribution in [0.15, 0.2) is 40.9 Å². The van der Waals surface area contributed by atoms with Crippen molar-refractivity contribution in [1.82, 2.24) is 0 Å². The number of benzene rings is 2. The number of Topliss-reactive ketones (excluding diaryl/α,β-unsaturated/α-hetero) is 1. The van der Waals surface area contributed by atoms with Gasteiger partial charge in [0.15, 0.2) is 5.78 Å². The van der Waals surface area contributed by atoms with Crippen LogP contribution in [0.5, 0.6) is 5.75 Å². The molecule has 2 aromatic rings.